The molecule has 0 amide bonds. The number of hydrogen-bond acceptors (Lipinski definition) is 4. The summed E-state index contributed by atoms with van der Waals surface area (Å²) in [4.78, 5) is 0. The van der Waals surface area contributed by atoms with E-state index in [1.807, 2.05) is 35.3 Å². The summed E-state index contributed by atoms with van der Waals surface area (Å²) < 4.78 is 23.5. The molecule has 0 spiro atoms. The molecule has 2 heterocycles. The summed E-state index contributed by atoms with van der Waals surface area (Å²) in [5.41, 5.74) is 5.03. The van der Waals surface area contributed by atoms with E-state index in [0.29, 0.717) is 12.2 Å². The Kier molecular flexibility index (Phi) is 5.73. The van der Waals surface area contributed by atoms with Gasteiger partial charge in [0.2, 0.25) is 0 Å². The number of hydrogen-bond donors (Lipinski definition) is 1. The average Bonchev–Trinajstić information content (AvgIpc) is 3.48. The average molecular weight is 432 g/mol. The summed E-state index contributed by atoms with van der Waals surface area (Å²) in [6.07, 6.45) is 8.58. The van der Waals surface area contributed by atoms with Crippen molar-refractivity contribution in [2.45, 2.75) is 38.4 Å². The van der Waals surface area contributed by atoms with E-state index in [1.54, 1.807) is 30.1 Å². The summed E-state index contributed by atoms with van der Waals surface area (Å²) in [7, 11) is 1.69. The molecule has 1 aliphatic rings. The fourth-order valence-corrected chi connectivity index (χ4v) is 4.48. The Morgan fingerprint density at radius 2 is 2.06 bits per heavy atom. The predicted molar refractivity (Wildman–Crippen MR) is 120 cm³/mol. The predicted octanol–water partition coefficient (Wildman–Crippen LogP) is 4.43. The van der Waals surface area contributed by atoms with E-state index in [2.05, 4.69) is 27.6 Å². The third-order valence-corrected chi connectivity index (χ3v) is 6.05. The molecule has 0 saturated heterocycles. The second-order valence-electron chi connectivity index (χ2n) is 8.09. The van der Waals surface area contributed by atoms with Crippen molar-refractivity contribution >= 4 is 0 Å². The zero-order valence-corrected chi connectivity index (χ0v) is 18.0. The van der Waals surface area contributed by atoms with Crippen LogP contribution in [0.4, 0.5) is 4.39 Å². The number of halogens is 1. The van der Waals surface area contributed by atoms with E-state index in [1.165, 1.54) is 11.6 Å². The summed E-state index contributed by atoms with van der Waals surface area (Å²) in [6, 6.07) is 15.2. The molecule has 2 aromatic heterocycles. The number of aromatic nitrogens is 4. The van der Waals surface area contributed by atoms with E-state index >= 15 is 0 Å². The molecule has 5 rings (SSSR count). The standard InChI is InChI=1S/C25H26FN5O/c1-32-25-11-10-18(14-19(25)17-30-13-5-12-28-30)15-27-22-7-4-9-23-20(22)16-29-31(23)24-8-3-2-6-21(24)26/h2-3,5-6,8,10-14,16,22,27H,4,7,9,15,17H2,1H3/t22-/m0/s1. The quantitative estimate of drug-likeness (QED) is 0.470. The van der Waals surface area contributed by atoms with E-state index < -0.39 is 0 Å². The molecule has 2 aromatic carbocycles. The molecule has 32 heavy (non-hydrogen) atoms. The summed E-state index contributed by atoms with van der Waals surface area (Å²) in [5, 5.41) is 12.5. The summed E-state index contributed by atoms with van der Waals surface area (Å²) in [6.45, 7) is 1.39. The van der Waals surface area contributed by atoms with Gasteiger partial charge in [-0.15, -0.1) is 0 Å². The highest BCUT2D eigenvalue weighted by Gasteiger charge is 2.25. The minimum atomic E-state index is -0.253. The van der Waals surface area contributed by atoms with Crippen molar-refractivity contribution in [2.75, 3.05) is 7.11 Å². The number of para-hydroxylation sites is 1. The fourth-order valence-electron chi connectivity index (χ4n) is 4.48. The van der Waals surface area contributed by atoms with Gasteiger partial charge < -0.3 is 10.1 Å². The molecular weight excluding hydrogens is 405 g/mol. The van der Waals surface area contributed by atoms with Gasteiger partial charge >= 0.3 is 0 Å². The lowest BCUT2D eigenvalue weighted by molar-refractivity contribution is 0.406. The lowest BCUT2D eigenvalue weighted by Gasteiger charge is -2.24. The van der Waals surface area contributed by atoms with Crippen LogP contribution in [0.2, 0.25) is 0 Å². The van der Waals surface area contributed by atoms with Crippen molar-refractivity contribution < 1.29 is 9.13 Å². The fraction of sp³-hybridized carbons (Fsp3) is 0.280. The molecule has 7 heteroatoms. The van der Waals surface area contributed by atoms with E-state index in [-0.39, 0.29) is 11.9 Å². The molecule has 0 fully saturated rings. The van der Waals surface area contributed by atoms with Gasteiger partial charge in [0, 0.05) is 41.8 Å². The van der Waals surface area contributed by atoms with Crippen LogP contribution in [0.3, 0.4) is 0 Å². The smallest absolute Gasteiger partial charge is 0.148 e. The number of fused-ring (bicyclic) bond motifs is 1. The van der Waals surface area contributed by atoms with Gasteiger partial charge in [0.25, 0.3) is 0 Å². The maximum absolute atomic E-state index is 14.3. The molecule has 1 N–H and O–H groups in total. The van der Waals surface area contributed by atoms with Crippen molar-refractivity contribution in [3.05, 3.63) is 95.3 Å². The third kappa shape index (κ3) is 4.03. The van der Waals surface area contributed by atoms with Crippen LogP contribution in [0.15, 0.2) is 67.1 Å². The van der Waals surface area contributed by atoms with E-state index in [0.717, 1.165) is 48.4 Å². The monoisotopic (exact) mass is 431 g/mol. The Balaban J connectivity index is 1.34. The van der Waals surface area contributed by atoms with Gasteiger partial charge in [-0.05, 0) is 55.2 Å². The van der Waals surface area contributed by atoms with Gasteiger partial charge in [-0.25, -0.2) is 9.07 Å². The highest BCUT2D eigenvalue weighted by atomic mass is 19.1. The first-order valence-corrected chi connectivity index (χ1v) is 10.9. The molecule has 0 unspecified atom stereocenters. The Morgan fingerprint density at radius 3 is 2.88 bits per heavy atom. The van der Waals surface area contributed by atoms with E-state index in [9.17, 15) is 4.39 Å². The molecule has 6 nitrogen and oxygen atoms in total. The number of rotatable bonds is 7. The Labute approximate surface area is 186 Å². The second-order valence-corrected chi connectivity index (χ2v) is 8.09. The van der Waals surface area contributed by atoms with E-state index in [4.69, 9.17) is 4.74 Å². The minimum absolute atomic E-state index is 0.191. The molecule has 0 bridgehead atoms. The van der Waals surface area contributed by atoms with Crippen molar-refractivity contribution in [3.8, 4) is 11.4 Å². The zero-order chi connectivity index (χ0) is 21.9. The van der Waals surface area contributed by atoms with Gasteiger partial charge in [-0.2, -0.15) is 10.2 Å². The van der Waals surface area contributed by atoms with Gasteiger partial charge in [-0.1, -0.05) is 18.2 Å². The minimum Gasteiger partial charge on any atom is -0.496 e. The first-order chi connectivity index (χ1) is 15.7. The lowest BCUT2D eigenvalue weighted by atomic mass is 9.92. The van der Waals surface area contributed by atoms with Crippen LogP contribution in [-0.2, 0) is 19.5 Å². The molecule has 4 aromatic rings. The molecule has 1 atom stereocenters. The van der Waals surface area contributed by atoms with Crippen LogP contribution in [-0.4, -0.2) is 26.7 Å². The van der Waals surface area contributed by atoms with Crippen LogP contribution < -0.4 is 10.1 Å². The van der Waals surface area contributed by atoms with Crippen molar-refractivity contribution in [3.63, 3.8) is 0 Å². The largest absolute Gasteiger partial charge is 0.496 e. The molecule has 0 saturated carbocycles. The third-order valence-electron chi connectivity index (χ3n) is 6.05. The molecule has 1 aliphatic carbocycles. The van der Waals surface area contributed by atoms with Crippen molar-refractivity contribution in [2.24, 2.45) is 0 Å². The Bertz CT molecular complexity index is 1200. The maximum atomic E-state index is 14.3. The Morgan fingerprint density at radius 1 is 1.16 bits per heavy atom. The lowest BCUT2D eigenvalue weighted by Crippen LogP contribution is -2.25. The summed E-state index contributed by atoms with van der Waals surface area (Å²) >= 11 is 0. The normalized spacial score (nSPS) is 15.5. The van der Waals surface area contributed by atoms with Crippen LogP contribution >= 0.6 is 0 Å². The van der Waals surface area contributed by atoms with Crippen molar-refractivity contribution in [1.29, 1.82) is 0 Å². The molecule has 164 valence electrons. The SMILES string of the molecule is COc1ccc(CN[C@H]2CCCc3c2cnn3-c2ccccc2F)cc1Cn1cccn1. The highest BCUT2D eigenvalue weighted by molar-refractivity contribution is 5.39. The number of nitrogens with zero attached hydrogens (tertiary/aromatic N) is 4. The highest BCUT2D eigenvalue weighted by Crippen LogP contribution is 2.32. The summed E-state index contributed by atoms with van der Waals surface area (Å²) in [5.74, 6) is 0.604. The Hall–Kier alpha value is -3.45. The van der Waals surface area contributed by atoms with Crippen LogP contribution in [0.25, 0.3) is 5.69 Å². The van der Waals surface area contributed by atoms with Crippen LogP contribution in [0, 0.1) is 5.82 Å². The first kappa shape index (κ1) is 20.5. The van der Waals surface area contributed by atoms with Crippen LogP contribution in [0.5, 0.6) is 5.75 Å². The number of ether oxygens (including phenoxy) is 1. The number of nitrogens with one attached hydrogen (secondary N) is 1. The van der Waals surface area contributed by atoms with Gasteiger partial charge in [0.15, 0.2) is 0 Å². The van der Waals surface area contributed by atoms with Crippen LogP contribution in [0.1, 0.15) is 41.3 Å². The molecule has 0 aliphatic heterocycles. The van der Waals surface area contributed by atoms with Gasteiger partial charge in [0.1, 0.15) is 17.3 Å². The van der Waals surface area contributed by atoms with Crippen molar-refractivity contribution in [1.82, 2.24) is 24.9 Å². The molecular formula is C25H26FN5O. The maximum Gasteiger partial charge on any atom is 0.148 e. The van der Waals surface area contributed by atoms with Gasteiger partial charge in [0.05, 0.1) is 19.9 Å². The number of benzene rings is 2. The first-order valence-electron chi connectivity index (χ1n) is 10.9. The van der Waals surface area contributed by atoms with Gasteiger partial charge in [-0.3, -0.25) is 4.68 Å². The topological polar surface area (TPSA) is 56.9 Å². The second kappa shape index (κ2) is 8.96. The molecule has 0 radical (unpaired) electrons. The number of methoxy groups -OCH3 is 1. The zero-order valence-electron chi connectivity index (χ0n) is 18.0.